The summed E-state index contributed by atoms with van der Waals surface area (Å²) in [7, 11) is 0. The van der Waals surface area contributed by atoms with E-state index in [1.165, 1.54) is 18.2 Å². The van der Waals surface area contributed by atoms with Crippen LogP contribution in [0.25, 0.3) is 11.3 Å². The minimum atomic E-state index is -0.330. The highest BCUT2D eigenvalue weighted by Crippen LogP contribution is 2.19. The molecule has 110 valence electrons. The van der Waals surface area contributed by atoms with Crippen LogP contribution in [0.15, 0.2) is 54.6 Å². The Balaban J connectivity index is 1.80. The van der Waals surface area contributed by atoms with Gasteiger partial charge in [0.05, 0.1) is 5.69 Å². The maximum Gasteiger partial charge on any atom is 0.273 e. The number of hydrogen-bond acceptors (Lipinski definition) is 2. The summed E-state index contributed by atoms with van der Waals surface area (Å²) in [6.07, 6.45) is 0. The zero-order valence-corrected chi connectivity index (χ0v) is 11.9. The molecule has 0 aliphatic carbocycles. The molecular formula is C17H14FN3O. The average molecular weight is 295 g/mol. The Morgan fingerprint density at radius 3 is 2.64 bits per heavy atom. The van der Waals surface area contributed by atoms with Gasteiger partial charge in [-0.25, -0.2) is 4.39 Å². The van der Waals surface area contributed by atoms with Gasteiger partial charge in [0, 0.05) is 11.3 Å². The number of carbonyl (C=O) groups excluding carboxylic acids is 1. The van der Waals surface area contributed by atoms with E-state index >= 15 is 0 Å². The van der Waals surface area contributed by atoms with E-state index in [4.69, 9.17) is 0 Å². The lowest BCUT2D eigenvalue weighted by Gasteiger charge is -2.06. The van der Waals surface area contributed by atoms with Crippen LogP contribution in [0, 0.1) is 12.7 Å². The number of aromatic amines is 1. The largest absolute Gasteiger partial charge is 0.320 e. The van der Waals surface area contributed by atoms with Crippen molar-refractivity contribution >= 4 is 11.6 Å². The van der Waals surface area contributed by atoms with Gasteiger partial charge in [0.2, 0.25) is 0 Å². The van der Waals surface area contributed by atoms with Gasteiger partial charge >= 0.3 is 0 Å². The molecule has 3 rings (SSSR count). The van der Waals surface area contributed by atoms with Crippen LogP contribution in [0.5, 0.6) is 0 Å². The van der Waals surface area contributed by atoms with E-state index in [0.29, 0.717) is 22.6 Å². The lowest BCUT2D eigenvalue weighted by molar-refractivity contribution is 0.102. The summed E-state index contributed by atoms with van der Waals surface area (Å²) in [6, 6.07) is 15.5. The maximum absolute atomic E-state index is 13.1. The quantitative estimate of drug-likeness (QED) is 0.772. The first kappa shape index (κ1) is 14.0. The summed E-state index contributed by atoms with van der Waals surface area (Å²) in [5.41, 5.74) is 3.21. The lowest BCUT2D eigenvalue weighted by atomic mass is 10.1. The highest BCUT2D eigenvalue weighted by atomic mass is 19.1. The molecule has 0 saturated carbocycles. The predicted molar refractivity (Wildman–Crippen MR) is 83.1 cm³/mol. The van der Waals surface area contributed by atoms with E-state index in [1.807, 2.05) is 30.3 Å². The van der Waals surface area contributed by atoms with Gasteiger partial charge < -0.3 is 5.32 Å². The lowest BCUT2D eigenvalue weighted by Crippen LogP contribution is -2.13. The van der Waals surface area contributed by atoms with Crippen molar-refractivity contribution in [1.82, 2.24) is 10.2 Å². The summed E-state index contributed by atoms with van der Waals surface area (Å²) in [5, 5.41) is 9.60. The molecule has 1 amide bonds. The summed E-state index contributed by atoms with van der Waals surface area (Å²) < 4.78 is 13.1. The van der Waals surface area contributed by atoms with Crippen LogP contribution < -0.4 is 5.32 Å². The van der Waals surface area contributed by atoms with E-state index in [2.05, 4.69) is 15.5 Å². The number of aryl methyl sites for hydroxylation is 1. The number of nitrogens with one attached hydrogen (secondary N) is 2. The molecular weight excluding hydrogens is 281 g/mol. The van der Waals surface area contributed by atoms with Crippen LogP contribution in [0.4, 0.5) is 10.1 Å². The van der Waals surface area contributed by atoms with Crippen molar-refractivity contribution in [3.8, 4) is 11.3 Å². The number of rotatable bonds is 3. The van der Waals surface area contributed by atoms with E-state index in [1.54, 1.807) is 13.0 Å². The fraction of sp³-hybridized carbons (Fsp3) is 0.0588. The third-order valence-corrected chi connectivity index (χ3v) is 3.33. The van der Waals surface area contributed by atoms with Crippen LogP contribution in [0.2, 0.25) is 0 Å². The molecule has 3 aromatic rings. The Bertz CT molecular complexity index is 812. The normalized spacial score (nSPS) is 10.5. The Labute approximate surface area is 127 Å². The van der Waals surface area contributed by atoms with E-state index in [9.17, 15) is 9.18 Å². The molecule has 1 aromatic heterocycles. The zero-order valence-electron chi connectivity index (χ0n) is 11.9. The molecule has 4 nitrogen and oxygen atoms in total. The SMILES string of the molecule is Cc1cc(F)ccc1NC(=O)c1cc(-c2ccccc2)n[nH]1. The fourth-order valence-corrected chi connectivity index (χ4v) is 2.15. The van der Waals surface area contributed by atoms with Gasteiger partial charge in [0.25, 0.3) is 5.91 Å². The molecule has 0 aliphatic rings. The smallest absolute Gasteiger partial charge is 0.273 e. The summed E-state index contributed by atoms with van der Waals surface area (Å²) in [4.78, 5) is 12.2. The summed E-state index contributed by atoms with van der Waals surface area (Å²) in [5.74, 6) is -0.646. The number of aromatic nitrogens is 2. The number of amides is 1. The van der Waals surface area contributed by atoms with Crippen LogP contribution in [0.1, 0.15) is 16.1 Å². The van der Waals surface area contributed by atoms with Gasteiger partial charge in [-0.15, -0.1) is 0 Å². The number of nitrogens with zero attached hydrogens (tertiary/aromatic N) is 1. The van der Waals surface area contributed by atoms with Crippen molar-refractivity contribution in [2.45, 2.75) is 6.92 Å². The molecule has 0 unspecified atom stereocenters. The van der Waals surface area contributed by atoms with Crippen LogP contribution in [-0.4, -0.2) is 16.1 Å². The third-order valence-electron chi connectivity index (χ3n) is 3.33. The Hall–Kier alpha value is -2.95. The number of H-pyrrole nitrogens is 1. The number of benzene rings is 2. The second-order valence-corrected chi connectivity index (χ2v) is 4.95. The molecule has 2 aromatic carbocycles. The molecule has 1 heterocycles. The monoisotopic (exact) mass is 295 g/mol. The molecule has 22 heavy (non-hydrogen) atoms. The topological polar surface area (TPSA) is 57.8 Å². The van der Waals surface area contributed by atoms with E-state index in [-0.39, 0.29) is 11.7 Å². The molecule has 0 atom stereocenters. The zero-order chi connectivity index (χ0) is 15.5. The minimum absolute atomic E-state index is 0.315. The number of carbonyl (C=O) groups is 1. The Morgan fingerprint density at radius 2 is 1.91 bits per heavy atom. The minimum Gasteiger partial charge on any atom is -0.320 e. The average Bonchev–Trinajstić information content (AvgIpc) is 3.01. The van der Waals surface area contributed by atoms with Gasteiger partial charge in [-0.2, -0.15) is 5.10 Å². The van der Waals surface area contributed by atoms with Gasteiger partial charge in [-0.1, -0.05) is 30.3 Å². The van der Waals surface area contributed by atoms with Crippen molar-refractivity contribution in [3.05, 3.63) is 71.7 Å². The standard InChI is InChI=1S/C17H14FN3O/c1-11-9-13(18)7-8-14(11)19-17(22)16-10-15(20-21-16)12-5-3-2-4-6-12/h2-10H,1H3,(H,19,22)(H,20,21). The first-order valence-corrected chi connectivity index (χ1v) is 6.82. The Morgan fingerprint density at radius 1 is 1.14 bits per heavy atom. The van der Waals surface area contributed by atoms with E-state index in [0.717, 1.165) is 5.56 Å². The van der Waals surface area contributed by atoms with Gasteiger partial charge in [0.15, 0.2) is 0 Å². The Kier molecular flexibility index (Phi) is 3.70. The molecule has 0 radical (unpaired) electrons. The van der Waals surface area contributed by atoms with Gasteiger partial charge in [-0.05, 0) is 36.8 Å². The highest BCUT2D eigenvalue weighted by molar-refractivity contribution is 6.03. The first-order chi connectivity index (χ1) is 10.6. The molecule has 0 bridgehead atoms. The van der Waals surface area contributed by atoms with Crippen molar-refractivity contribution < 1.29 is 9.18 Å². The second kappa shape index (κ2) is 5.81. The van der Waals surface area contributed by atoms with E-state index < -0.39 is 0 Å². The van der Waals surface area contributed by atoms with Crippen LogP contribution in [0.3, 0.4) is 0 Å². The second-order valence-electron chi connectivity index (χ2n) is 4.95. The molecule has 0 saturated heterocycles. The number of anilines is 1. The fourth-order valence-electron chi connectivity index (χ4n) is 2.15. The number of hydrogen-bond donors (Lipinski definition) is 2. The first-order valence-electron chi connectivity index (χ1n) is 6.82. The van der Waals surface area contributed by atoms with Crippen molar-refractivity contribution in [1.29, 1.82) is 0 Å². The molecule has 0 spiro atoms. The molecule has 5 heteroatoms. The summed E-state index contributed by atoms with van der Waals surface area (Å²) in [6.45, 7) is 1.74. The van der Waals surface area contributed by atoms with Crippen LogP contribution >= 0.6 is 0 Å². The van der Waals surface area contributed by atoms with Gasteiger partial charge in [-0.3, -0.25) is 9.89 Å². The van der Waals surface area contributed by atoms with Crippen molar-refractivity contribution in [2.24, 2.45) is 0 Å². The maximum atomic E-state index is 13.1. The van der Waals surface area contributed by atoms with Crippen molar-refractivity contribution in [2.75, 3.05) is 5.32 Å². The van der Waals surface area contributed by atoms with Crippen LogP contribution in [-0.2, 0) is 0 Å². The van der Waals surface area contributed by atoms with Gasteiger partial charge in [0.1, 0.15) is 11.5 Å². The third kappa shape index (κ3) is 2.88. The van der Waals surface area contributed by atoms with Crippen molar-refractivity contribution in [3.63, 3.8) is 0 Å². The number of halogens is 1. The molecule has 0 aliphatic heterocycles. The predicted octanol–water partition coefficient (Wildman–Crippen LogP) is 3.78. The summed E-state index contributed by atoms with van der Waals surface area (Å²) >= 11 is 0. The molecule has 2 N–H and O–H groups in total. The highest BCUT2D eigenvalue weighted by Gasteiger charge is 2.12. The molecule has 0 fully saturated rings.